The zero-order valence-corrected chi connectivity index (χ0v) is 12.8. The Labute approximate surface area is 138 Å². The average molecular weight is 321 g/mol. The van der Waals surface area contributed by atoms with Crippen LogP contribution in [0.5, 0.6) is 0 Å². The summed E-state index contributed by atoms with van der Waals surface area (Å²) in [6, 6.07) is 15.8. The molecule has 2 aromatic rings. The molecule has 4 rings (SSSR count). The molecule has 0 aliphatic carbocycles. The Hall–Kier alpha value is -3.15. The van der Waals surface area contributed by atoms with Crippen LogP contribution in [0.1, 0.15) is 23.2 Å². The molecule has 1 atom stereocenters. The molecule has 2 aliphatic rings. The van der Waals surface area contributed by atoms with Gasteiger partial charge in [0.2, 0.25) is 11.6 Å². The molecule has 0 spiro atoms. The fourth-order valence-corrected chi connectivity index (χ4v) is 3.33. The van der Waals surface area contributed by atoms with E-state index in [0.717, 1.165) is 0 Å². The number of hydrogen-bond acceptors (Lipinski definition) is 3. The number of rotatable bonds is 2. The molecule has 120 valence electrons. The average Bonchev–Trinajstić information content (AvgIpc) is 2.94. The maximum atomic E-state index is 13.0. The van der Waals surface area contributed by atoms with Crippen LogP contribution >= 0.6 is 0 Å². The molecule has 0 aromatic heterocycles. The second-order valence-electron chi connectivity index (χ2n) is 5.88. The van der Waals surface area contributed by atoms with Crippen molar-refractivity contribution in [2.45, 2.75) is 18.5 Å². The first-order chi connectivity index (χ1) is 11.6. The fourth-order valence-electron chi connectivity index (χ4n) is 3.33. The number of nitrogens with zero attached hydrogens (tertiary/aromatic N) is 1. The molecule has 0 radical (unpaired) electrons. The van der Waals surface area contributed by atoms with E-state index in [1.807, 2.05) is 6.07 Å². The largest absolute Gasteiger partial charge is 0.322 e. The molecule has 3 amide bonds. The molecule has 2 heterocycles. The van der Waals surface area contributed by atoms with Crippen molar-refractivity contribution in [3.8, 4) is 0 Å². The lowest BCUT2D eigenvalue weighted by Gasteiger charge is -2.41. The van der Waals surface area contributed by atoms with Gasteiger partial charge in [-0.25, -0.2) is 0 Å². The maximum absolute atomic E-state index is 13.0. The minimum absolute atomic E-state index is 0.175. The molecule has 1 fully saturated rings. The molecule has 6 nitrogen and oxygen atoms in total. The summed E-state index contributed by atoms with van der Waals surface area (Å²) in [5, 5.41) is 5.55. The van der Waals surface area contributed by atoms with E-state index >= 15 is 0 Å². The van der Waals surface area contributed by atoms with Crippen LogP contribution in [0.15, 0.2) is 54.6 Å². The molecule has 2 N–H and O–H groups in total. The summed E-state index contributed by atoms with van der Waals surface area (Å²) in [6.07, 6.45) is 0.446. The highest BCUT2D eigenvalue weighted by Crippen LogP contribution is 2.39. The van der Waals surface area contributed by atoms with Crippen LogP contribution in [0, 0.1) is 0 Å². The van der Waals surface area contributed by atoms with Crippen LogP contribution in [-0.2, 0) is 9.59 Å². The quantitative estimate of drug-likeness (QED) is 0.886. The third-order valence-electron chi connectivity index (χ3n) is 4.45. The summed E-state index contributed by atoms with van der Waals surface area (Å²) in [4.78, 5) is 39.3. The molecular weight excluding hydrogens is 306 g/mol. The van der Waals surface area contributed by atoms with E-state index in [-0.39, 0.29) is 24.7 Å². The van der Waals surface area contributed by atoms with Crippen LogP contribution in [0.3, 0.4) is 0 Å². The number of benzene rings is 2. The van der Waals surface area contributed by atoms with Crippen molar-refractivity contribution in [3.63, 3.8) is 0 Å². The van der Waals surface area contributed by atoms with Crippen molar-refractivity contribution >= 4 is 29.1 Å². The smallest absolute Gasteiger partial charge is 0.271 e. The van der Waals surface area contributed by atoms with Crippen molar-refractivity contribution in [2.24, 2.45) is 0 Å². The summed E-state index contributed by atoms with van der Waals surface area (Å²) in [5.74, 6) is -0.937. The standard InChI is InChI=1S/C18H15N3O3/c22-15-10-11-18(17(24)19-12-6-2-1-3-7-12)20-16(23)13-8-4-5-9-14(13)21(15)18/h1-9H,10-11H2,(H,19,24)(H,20,23)/t18-/m0/s1. The first kappa shape index (κ1) is 14.4. The molecular formula is C18H15N3O3. The van der Waals surface area contributed by atoms with Crippen LogP contribution < -0.4 is 15.5 Å². The van der Waals surface area contributed by atoms with Crippen molar-refractivity contribution in [3.05, 3.63) is 60.2 Å². The van der Waals surface area contributed by atoms with Crippen molar-refractivity contribution in [1.29, 1.82) is 0 Å². The van der Waals surface area contributed by atoms with E-state index < -0.39 is 11.6 Å². The number of anilines is 2. The van der Waals surface area contributed by atoms with Gasteiger partial charge in [0.1, 0.15) is 0 Å². The van der Waals surface area contributed by atoms with Crippen molar-refractivity contribution in [2.75, 3.05) is 10.2 Å². The van der Waals surface area contributed by atoms with Gasteiger partial charge in [0.15, 0.2) is 0 Å². The highest BCUT2D eigenvalue weighted by atomic mass is 16.2. The van der Waals surface area contributed by atoms with Gasteiger partial charge >= 0.3 is 0 Å². The summed E-state index contributed by atoms with van der Waals surface area (Å²) >= 11 is 0. The first-order valence-electron chi connectivity index (χ1n) is 7.73. The predicted octanol–water partition coefficient (Wildman–Crippen LogP) is 1.89. The fraction of sp³-hybridized carbons (Fsp3) is 0.167. The van der Waals surface area contributed by atoms with Crippen LogP contribution in [-0.4, -0.2) is 23.4 Å². The van der Waals surface area contributed by atoms with Crippen LogP contribution in [0.2, 0.25) is 0 Å². The Morgan fingerprint density at radius 1 is 1.04 bits per heavy atom. The lowest BCUT2D eigenvalue weighted by molar-refractivity contribution is -0.124. The number of carbonyl (C=O) groups excluding carboxylic acids is 3. The van der Waals surface area contributed by atoms with Crippen LogP contribution in [0.25, 0.3) is 0 Å². The SMILES string of the molecule is O=C1N[C@@]2(C(=O)Nc3ccccc3)CCC(=O)N2c2ccccc21. The van der Waals surface area contributed by atoms with Gasteiger partial charge in [0.25, 0.3) is 11.8 Å². The van der Waals surface area contributed by atoms with E-state index in [1.165, 1.54) is 4.90 Å². The van der Waals surface area contributed by atoms with Crippen molar-refractivity contribution < 1.29 is 14.4 Å². The number of para-hydroxylation sites is 2. The Morgan fingerprint density at radius 3 is 2.54 bits per heavy atom. The molecule has 0 bridgehead atoms. The molecule has 2 aliphatic heterocycles. The number of hydrogen-bond donors (Lipinski definition) is 2. The molecule has 1 saturated heterocycles. The van der Waals surface area contributed by atoms with Gasteiger partial charge in [0.05, 0.1) is 11.3 Å². The maximum Gasteiger partial charge on any atom is 0.271 e. The van der Waals surface area contributed by atoms with Gasteiger partial charge in [-0.2, -0.15) is 0 Å². The molecule has 2 aromatic carbocycles. The topological polar surface area (TPSA) is 78.5 Å². The minimum atomic E-state index is -1.38. The van der Waals surface area contributed by atoms with Gasteiger partial charge in [-0.1, -0.05) is 30.3 Å². The molecule has 24 heavy (non-hydrogen) atoms. The monoisotopic (exact) mass is 321 g/mol. The number of amides is 3. The Morgan fingerprint density at radius 2 is 1.75 bits per heavy atom. The van der Waals surface area contributed by atoms with E-state index in [9.17, 15) is 14.4 Å². The van der Waals surface area contributed by atoms with Crippen LogP contribution in [0.4, 0.5) is 11.4 Å². The van der Waals surface area contributed by atoms with E-state index in [1.54, 1.807) is 48.5 Å². The molecule has 6 heteroatoms. The minimum Gasteiger partial charge on any atom is -0.322 e. The first-order valence-corrected chi connectivity index (χ1v) is 7.73. The summed E-state index contributed by atoms with van der Waals surface area (Å²) in [5.41, 5.74) is 0.116. The summed E-state index contributed by atoms with van der Waals surface area (Å²) in [6.45, 7) is 0. The van der Waals surface area contributed by atoms with E-state index in [2.05, 4.69) is 10.6 Å². The van der Waals surface area contributed by atoms with E-state index in [4.69, 9.17) is 0 Å². The normalized spacial score (nSPS) is 21.8. The summed E-state index contributed by atoms with van der Waals surface area (Å²) in [7, 11) is 0. The highest BCUT2D eigenvalue weighted by Gasteiger charge is 2.56. The predicted molar refractivity (Wildman–Crippen MR) is 88.4 cm³/mol. The second-order valence-corrected chi connectivity index (χ2v) is 5.88. The zero-order chi connectivity index (χ0) is 16.7. The Bertz CT molecular complexity index is 850. The highest BCUT2D eigenvalue weighted by molar-refractivity contribution is 6.18. The van der Waals surface area contributed by atoms with Crippen molar-refractivity contribution in [1.82, 2.24) is 5.32 Å². The lowest BCUT2D eigenvalue weighted by Crippen LogP contribution is -2.68. The third-order valence-corrected chi connectivity index (χ3v) is 4.45. The number of carbonyl (C=O) groups is 3. The zero-order valence-electron chi connectivity index (χ0n) is 12.8. The second kappa shape index (κ2) is 5.19. The van der Waals surface area contributed by atoms with Gasteiger partial charge in [-0.3, -0.25) is 19.3 Å². The summed E-state index contributed by atoms with van der Waals surface area (Å²) < 4.78 is 0. The van der Waals surface area contributed by atoms with Gasteiger partial charge in [-0.05, 0) is 24.3 Å². The Balaban J connectivity index is 1.77. The lowest BCUT2D eigenvalue weighted by atomic mass is 9.98. The van der Waals surface area contributed by atoms with E-state index in [0.29, 0.717) is 16.9 Å². The third kappa shape index (κ3) is 2.00. The van der Waals surface area contributed by atoms with Gasteiger partial charge < -0.3 is 10.6 Å². The molecule has 0 unspecified atom stereocenters. The van der Waals surface area contributed by atoms with Gasteiger partial charge in [0, 0.05) is 18.5 Å². The van der Waals surface area contributed by atoms with Gasteiger partial charge in [-0.15, -0.1) is 0 Å². The molecule has 0 saturated carbocycles. The Kier molecular flexibility index (Phi) is 3.13. The number of nitrogens with one attached hydrogen (secondary N) is 2. The number of fused-ring (bicyclic) bond motifs is 3.